The van der Waals surface area contributed by atoms with Crippen molar-refractivity contribution in [3.63, 3.8) is 0 Å². The van der Waals surface area contributed by atoms with Gasteiger partial charge in [-0.2, -0.15) is 13.2 Å². The maximum absolute atomic E-state index is 12.6. The van der Waals surface area contributed by atoms with Crippen molar-refractivity contribution < 1.29 is 31.6 Å². The van der Waals surface area contributed by atoms with Crippen LogP contribution in [0.25, 0.3) is 0 Å². The summed E-state index contributed by atoms with van der Waals surface area (Å²) in [5.41, 5.74) is -5.82. The van der Waals surface area contributed by atoms with Gasteiger partial charge in [0.25, 0.3) is 15.5 Å². The first-order valence-corrected chi connectivity index (χ1v) is 8.50. The first-order valence-electron chi connectivity index (χ1n) is 7.02. The molecule has 0 aromatic heterocycles. The van der Waals surface area contributed by atoms with E-state index in [4.69, 9.17) is 0 Å². The molecule has 0 saturated heterocycles. The monoisotopic (exact) mass is 390 g/mol. The highest BCUT2D eigenvalue weighted by Crippen LogP contribution is 2.36. The molecular formula is C15H13F3N2O5S. The summed E-state index contributed by atoms with van der Waals surface area (Å²) in [6.45, 7) is 0.0978. The lowest BCUT2D eigenvalue weighted by Crippen LogP contribution is -2.24. The molecule has 0 bridgehead atoms. The molecule has 0 aliphatic carbocycles. The van der Waals surface area contributed by atoms with Gasteiger partial charge in [-0.1, -0.05) is 12.1 Å². The molecule has 0 heterocycles. The second-order valence-electron chi connectivity index (χ2n) is 5.38. The van der Waals surface area contributed by atoms with Crippen LogP contribution in [0.3, 0.4) is 0 Å². The minimum atomic E-state index is -5.70. The molecule has 0 aliphatic rings. The predicted molar refractivity (Wildman–Crippen MR) is 86.6 cm³/mol. The molecule has 0 aliphatic heterocycles. The number of rotatable bonds is 5. The molecule has 2 aromatic rings. The standard InChI is InChI=1S/C15H13F3N2O5S/c1-19(9-10-3-2-4-11(21)7-10)13-6-5-12(8-14(13)20(22)23)26(24,25)15(16,17)18/h2-8,21H,9H2,1H3. The van der Waals surface area contributed by atoms with Crippen molar-refractivity contribution in [3.05, 3.63) is 58.1 Å². The van der Waals surface area contributed by atoms with E-state index < -0.39 is 30.9 Å². The van der Waals surface area contributed by atoms with Crippen molar-refractivity contribution in [1.29, 1.82) is 0 Å². The summed E-state index contributed by atoms with van der Waals surface area (Å²) in [7, 11) is -4.25. The second-order valence-corrected chi connectivity index (χ2v) is 7.32. The highest BCUT2D eigenvalue weighted by Gasteiger charge is 2.47. The molecule has 11 heteroatoms. The quantitative estimate of drug-likeness (QED) is 0.621. The normalized spacial score (nSPS) is 12.0. The first-order chi connectivity index (χ1) is 11.9. The SMILES string of the molecule is CN(Cc1cccc(O)c1)c1ccc(S(=O)(=O)C(F)(F)F)cc1[N+](=O)[O-]. The van der Waals surface area contributed by atoms with E-state index in [1.54, 1.807) is 12.1 Å². The van der Waals surface area contributed by atoms with Crippen molar-refractivity contribution in [2.45, 2.75) is 16.9 Å². The number of phenolic OH excluding ortho intramolecular Hbond substituents is 1. The Balaban J connectivity index is 2.45. The minimum absolute atomic E-state index is 0.0166. The number of nitro benzene ring substituents is 1. The number of aromatic hydroxyl groups is 1. The fourth-order valence-corrected chi connectivity index (χ4v) is 3.07. The van der Waals surface area contributed by atoms with Crippen LogP contribution in [0, 0.1) is 10.1 Å². The molecular weight excluding hydrogens is 377 g/mol. The highest BCUT2D eigenvalue weighted by atomic mass is 32.2. The van der Waals surface area contributed by atoms with E-state index >= 15 is 0 Å². The molecule has 2 rings (SSSR count). The third kappa shape index (κ3) is 3.87. The third-order valence-corrected chi connectivity index (χ3v) is 4.98. The van der Waals surface area contributed by atoms with Gasteiger partial charge in [0.05, 0.1) is 9.82 Å². The van der Waals surface area contributed by atoms with Gasteiger partial charge in [0, 0.05) is 19.7 Å². The zero-order chi connectivity index (χ0) is 19.7. The van der Waals surface area contributed by atoms with Crippen LogP contribution >= 0.6 is 0 Å². The Bertz CT molecular complexity index is 945. The van der Waals surface area contributed by atoms with E-state index in [0.29, 0.717) is 17.7 Å². The van der Waals surface area contributed by atoms with Crippen molar-refractivity contribution in [1.82, 2.24) is 0 Å². The van der Waals surface area contributed by atoms with E-state index in [2.05, 4.69) is 0 Å². The van der Waals surface area contributed by atoms with Gasteiger partial charge < -0.3 is 10.0 Å². The van der Waals surface area contributed by atoms with E-state index in [9.17, 15) is 36.8 Å². The summed E-state index contributed by atoms with van der Waals surface area (Å²) < 4.78 is 60.8. The molecule has 0 unspecified atom stereocenters. The number of nitrogens with zero attached hydrogens (tertiary/aromatic N) is 2. The number of hydrogen-bond donors (Lipinski definition) is 1. The number of anilines is 1. The van der Waals surface area contributed by atoms with Gasteiger partial charge >= 0.3 is 5.51 Å². The first kappa shape index (κ1) is 19.5. The number of sulfone groups is 1. The number of benzene rings is 2. The molecule has 0 amide bonds. The summed E-state index contributed by atoms with van der Waals surface area (Å²) in [4.78, 5) is 10.4. The number of halogens is 3. The Morgan fingerprint density at radius 3 is 2.38 bits per heavy atom. The van der Waals surface area contributed by atoms with E-state index in [-0.39, 0.29) is 18.0 Å². The van der Waals surface area contributed by atoms with Crippen molar-refractivity contribution in [2.75, 3.05) is 11.9 Å². The number of alkyl halides is 3. The fourth-order valence-electron chi connectivity index (χ4n) is 2.29. The van der Waals surface area contributed by atoms with Gasteiger partial charge in [-0.05, 0) is 29.8 Å². The zero-order valence-corrected chi connectivity index (χ0v) is 14.1. The van der Waals surface area contributed by atoms with Crippen LogP contribution in [0.1, 0.15) is 5.56 Å². The molecule has 1 N–H and O–H groups in total. The van der Waals surface area contributed by atoms with Crippen LogP contribution in [-0.4, -0.2) is 31.0 Å². The van der Waals surface area contributed by atoms with Gasteiger partial charge in [-0.15, -0.1) is 0 Å². The van der Waals surface area contributed by atoms with Crippen LogP contribution in [0.5, 0.6) is 5.75 Å². The molecule has 0 radical (unpaired) electrons. The molecule has 140 valence electrons. The van der Waals surface area contributed by atoms with Gasteiger partial charge in [0.15, 0.2) is 0 Å². The minimum Gasteiger partial charge on any atom is -0.508 e. The maximum Gasteiger partial charge on any atom is 0.501 e. The summed E-state index contributed by atoms with van der Waals surface area (Å²) in [6.07, 6.45) is 0. The lowest BCUT2D eigenvalue weighted by atomic mass is 10.2. The Morgan fingerprint density at radius 2 is 1.85 bits per heavy atom. The largest absolute Gasteiger partial charge is 0.508 e. The molecule has 7 nitrogen and oxygen atoms in total. The van der Waals surface area contributed by atoms with Crippen LogP contribution in [0.4, 0.5) is 24.5 Å². The topological polar surface area (TPSA) is 101 Å². The maximum atomic E-state index is 12.6. The molecule has 0 fully saturated rings. The molecule has 26 heavy (non-hydrogen) atoms. The van der Waals surface area contributed by atoms with Gasteiger partial charge in [0.2, 0.25) is 0 Å². The van der Waals surface area contributed by atoms with E-state index in [1.807, 2.05) is 0 Å². The lowest BCUT2D eigenvalue weighted by molar-refractivity contribution is -0.384. The number of hydrogen-bond acceptors (Lipinski definition) is 6. The average Bonchev–Trinajstić information content (AvgIpc) is 2.53. The van der Waals surface area contributed by atoms with Crippen LogP contribution < -0.4 is 4.90 Å². The summed E-state index contributed by atoms with van der Waals surface area (Å²) in [5, 5.41) is 20.7. The van der Waals surface area contributed by atoms with Crippen molar-refractivity contribution in [3.8, 4) is 5.75 Å². The predicted octanol–water partition coefficient (Wildman–Crippen LogP) is 3.23. The average molecular weight is 390 g/mol. The van der Waals surface area contributed by atoms with Gasteiger partial charge in [0.1, 0.15) is 11.4 Å². The molecule has 0 saturated carbocycles. The van der Waals surface area contributed by atoms with Crippen LogP contribution in [0.15, 0.2) is 47.4 Å². The summed E-state index contributed by atoms with van der Waals surface area (Å²) >= 11 is 0. The smallest absolute Gasteiger partial charge is 0.501 e. The van der Waals surface area contributed by atoms with E-state index in [1.165, 1.54) is 24.1 Å². The molecule has 2 aromatic carbocycles. The van der Waals surface area contributed by atoms with E-state index in [0.717, 1.165) is 6.07 Å². The third-order valence-electron chi connectivity index (χ3n) is 3.50. The Hall–Kier alpha value is -2.82. The second kappa shape index (κ2) is 6.83. The summed E-state index contributed by atoms with van der Waals surface area (Å²) in [5.74, 6) is -0.0166. The lowest BCUT2D eigenvalue weighted by Gasteiger charge is -2.20. The fraction of sp³-hybridized carbons (Fsp3) is 0.200. The number of phenols is 1. The van der Waals surface area contributed by atoms with Crippen LogP contribution in [0.2, 0.25) is 0 Å². The van der Waals surface area contributed by atoms with Crippen molar-refractivity contribution >= 4 is 21.2 Å². The Kier molecular flexibility index (Phi) is 5.12. The highest BCUT2D eigenvalue weighted by molar-refractivity contribution is 7.92. The van der Waals surface area contributed by atoms with Gasteiger partial charge in [-0.3, -0.25) is 10.1 Å². The molecule has 0 spiro atoms. The summed E-state index contributed by atoms with van der Waals surface area (Å²) in [6, 6.07) is 8.06. The number of nitro groups is 1. The Morgan fingerprint density at radius 1 is 1.19 bits per heavy atom. The Labute approximate surface area is 146 Å². The zero-order valence-electron chi connectivity index (χ0n) is 13.3. The van der Waals surface area contributed by atoms with Crippen LogP contribution in [-0.2, 0) is 16.4 Å². The molecule has 0 atom stereocenters. The van der Waals surface area contributed by atoms with Crippen molar-refractivity contribution in [2.24, 2.45) is 0 Å². The van der Waals surface area contributed by atoms with Gasteiger partial charge in [-0.25, -0.2) is 8.42 Å².